The van der Waals surface area contributed by atoms with Gasteiger partial charge in [0.2, 0.25) is 15.9 Å². The average molecular weight is 422 g/mol. The number of aromatic nitrogens is 3. The first-order chi connectivity index (χ1) is 13.5. The molecule has 8 nitrogen and oxygen atoms in total. The number of benzene rings is 1. The van der Waals surface area contributed by atoms with Crippen LogP contribution in [0.4, 0.5) is 0 Å². The van der Waals surface area contributed by atoms with E-state index in [-0.39, 0.29) is 16.1 Å². The minimum Gasteiger partial charge on any atom is -0.339 e. The summed E-state index contributed by atoms with van der Waals surface area (Å²) < 4.78 is 28.9. The van der Waals surface area contributed by atoms with E-state index in [2.05, 4.69) is 10.2 Å². The maximum Gasteiger partial charge on any atom is 0.243 e. The van der Waals surface area contributed by atoms with Crippen molar-refractivity contribution in [3.05, 3.63) is 36.7 Å². The van der Waals surface area contributed by atoms with E-state index in [9.17, 15) is 13.2 Å². The van der Waals surface area contributed by atoms with Crippen molar-refractivity contribution in [2.75, 3.05) is 26.2 Å². The molecule has 2 aliphatic rings. The molecule has 1 aliphatic carbocycles. The van der Waals surface area contributed by atoms with E-state index in [4.69, 9.17) is 0 Å². The van der Waals surface area contributed by atoms with Gasteiger partial charge in [0.1, 0.15) is 6.33 Å². The molecule has 4 rings (SSSR count). The Morgan fingerprint density at radius 3 is 2.46 bits per heavy atom. The predicted molar refractivity (Wildman–Crippen MR) is 105 cm³/mol. The molecule has 0 radical (unpaired) electrons. The maximum atomic E-state index is 12.8. The van der Waals surface area contributed by atoms with Gasteiger partial charge in [-0.2, -0.15) is 4.31 Å². The summed E-state index contributed by atoms with van der Waals surface area (Å²) in [5.41, 5.74) is 0. The van der Waals surface area contributed by atoms with Crippen LogP contribution >= 0.6 is 11.8 Å². The Balaban J connectivity index is 1.35. The summed E-state index contributed by atoms with van der Waals surface area (Å²) in [7, 11) is -3.51. The fourth-order valence-corrected chi connectivity index (χ4v) is 5.70. The number of sulfonamides is 1. The number of nitrogens with zero attached hydrogens (tertiary/aromatic N) is 5. The predicted octanol–water partition coefficient (Wildman–Crippen LogP) is 1.63. The molecule has 2 heterocycles. The molecule has 10 heteroatoms. The third-order valence-corrected chi connectivity index (χ3v) is 8.01. The number of piperazine rings is 1. The molecule has 1 amide bonds. The van der Waals surface area contributed by atoms with Crippen molar-refractivity contribution in [1.82, 2.24) is 24.0 Å². The number of hydrogen-bond acceptors (Lipinski definition) is 6. The number of amides is 1. The fraction of sp³-hybridized carbons (Fsp3) is 0.500. The van der Waals surface area contributed by atoms with Crippen molar-refractivity contribution in [1.29, 1.82) is 0 Å². The van der Waals surface area contributed by atoms with Crippen LogP contribution in [0.15, 0.2) is 46.7 Å². The van der Waals surface area contributed by atoms with E-state index in [1.54, 1.807) is 41.6 Å². The zero-order valence-corrected chi connectivity index (χ0v) is 17.3. The third-order valence-electron chi connectivity index (χ3n) is 5.04. The largest absolute Gasteiger partial charge is 0.339 e. The molecular weight excluding hydrogens is 398 g/mol. The van der Waals surface area contributed by atoms with Crippen LogP contribution in [0.1, 0.15) is 25.8 Å². The van der Waals surface area contributed by atoms with Gasteiger partial charge in [0.15, 0.2) is 5.16 Å². The highest BCUT2D eigenvalue weighted by Gasteiger charge is 2.33. The molecule has 1 saturated heterocycles. The summed E-state index contributed by atoms with van der Waals surface area (Å²) in [5, 5.41) is 8.59. The van der Waals surface area contributed by atoms with Crippen molar-refractivity contribution < 1.29 is 13.2 Å². The smallest absolute Gasteiger partial charge is 0.243 e. The molecular formula is C18H23N5O3S2. The lowest BCUT2D eigenvalue weighted by atomic mass is 10.3. The lowest BCUT2D eigenvalue weighted by molar-refractivity contribution is -0.131. The number of rotatable bonds is 6. The molecule has 0 unspecified atom stereocenters. The standard InChI is InChI=1S/C18H23N5O3S2/c1-14(27-18-20-19-13-23(18)15-7-8-15)17(24)21-9-11-22(12-10-21)28(25,26)16-5-3-2-4-6-16/h2-6,13-15H,7-12H2,1H3/t14-/m0/s1. The normalized spacial score (nSPS) is 19.5. The number of carbonyl (C=O) groups excluding carboxylic acids is 1. The Hall–Kier alpha value is -1.91. The molecule has 0 spiro atoms. The van der Waals surface area contributed by atoms with Crippen LogP contribution in [0.2, 0.25) is 0 Å². The molecule has 1 aromatic heterocycles. The fourth-order valence-electron chi connectivity index (χ4n) is 3.28. The lowest BCUT2D eigenvalue weighted by Gasteiger charge is -2.35. The lowest BCUT2D eigenvalue weighted by Crippen LogP contribution is -2.52. The highest BCUT2D eigenvalue weighted by Crippen LogP contribution is 2.38. The van der Waals surface area contributed by atoms with Crippen molar-refractivity contribution in [2.24, 2.45) is 0 Å². The van der Waals surface area contributed by atoms with Gasteiger partial charge in [-0.1, -0.05) is 30.0 Å². The first-order valence-corrected chi connectivity index (χ1v) is 11.7. The van der Waals surface area contributed by atoms with E-state index in [0.29, 0.717) is 32.2 Å². The third kappa shape index (κ3) is 3.94. The molecule has 1 aromatic carbocycles. The van der Waals surface area contributed by atoms with E-state index in [1.807, 2.05) is 11.5 Å². The molecule has 28 heavy (non-hydrogen) atoms. The monoisotopic (exact) mass is 421 g/mol. The Morgan fingerprint density at radius 2 is 1.82 bits per heavy atom. The Labute approximate surface area is 169 Å². The second-order valence-corrected chi connectivity index (χ2v) is 10.3. The van der Waals surface area contributed by atoms with Crippen LogP contribution in [0.3, 0.4) is 0 Å². The summed E-state index contributed by atoms with van der Waals surface area (Å²) in [4.78, 5) is 14.9. The van der Waals surface area contributed by atoms with Crippen molar-refractivity contribution in [2.45, 2.75) is 41.1 Å². The second-order valence-electron chi connectivity index (χ2n) is 7.05. The van der Waals surface area contributed by atoms with Gasteiger partial charge in [0, 0.05) is 32.2 Å². The van der Waals surface area contributed by atoms with Crippen LogP contribution in [0.5, 0.6) is 0 Å². The summed E-state index contributed by atoms with van der Waals surface area (Å²) in [6.07, 6.45) is 3.99. The SMILES string of the molecule is C[C@H](Sc1nncn1C1CC1)C(=O)N1CCN(S(=O)(=O)c2ccccc2)CC1. The molecule has 2 aromatic rings. The number of thioether (sulfide) groups is 1. The van der Waals surface area contributed by atoms with E-state index >= 15 is 0 Å². The summed E-state index contributed by atoms with van der Waals surface area (Å²) in [6.45, 7) is 3.26. The van der Waals surface area contributed by atoms with Gasteiger partial charge in [0.05, 0.1) is 10.1 Å². The molecule has 1 atom stereocenters. The minimum absolute atomic E-state index is 0.00658. The number of hydrogen-bond donors (Lipinski definition) is 0. The molecule has 0 N–H and O–H groups in total. The van der Waals surface area contributed by atoms with Crippen LogP contribution in [-0.4, -0.2) is 69.7 Å². The highest BCUT2D eigenvalue weighted by atomic mass is 32.2. The zero-order chi connectivity index (χ0) is 19.7. The molecule has 1 aliphatic heterocycles. The van der Waals surface area contributed by atoms with Gasteiger partial charge in [0.25, 0.3) is 0 Å². The number of carbonyl (C=O) groups is 1. The van der Waals surface area contributed by atoms with Gasteiger partial charge in [-0.3, -0.25) is 4.79 Å². The summed E-state index contributed by atoms with van der Waals surface area (Å²) in [6, 6.07) is 8.88. The first kappa shape index (κ1) is 19.4. The zero-order valence-electron chi connectivity index (χ0n) is 15.6. The van der Waals surface area contributed by atoms with Gasteiger partial charge in [-0.15, -0.1) is 10.2 Å². The Kier molecular flexibility index (Phi) is 5.44. The molecule has 1 saturated carbocycles. The summed E-state index contributed by atoms with van der Waals surface area (Å²) >= 11 is 1.42. The Bertz CT molecular complexity index is 935. The molecule has 150 valence electrons. The van der Waals surface area contributed by atoms with Crippen LogP contribution < -0.4 is 0 Å². The van der Waals surface area contributed by atoms with Crippen molar-refractivity contribution in [3.8, 4) is 0 Å². The van der Waals surface area contributed by atoms with E-state index < -0.39 is 10.0 Å². The summed E-state index contributed by atoms with van der Waals surface area (Å²) in [5.74, 6) is 0.00658. The van der Waals surface area contributed by atoms with Crippen LogP contribution in [0, 0.1) is 0 Å². The van der Waals surface area contributed by atoms with Gasteiger partial charge < -0.3 is 9.47 Å². The highest BCUT2D eigenvalue weighted by molar-refractivity contribution is 8.00. The van der Waals surface area contributed by atoms with E-state index in [0.717, 1.165) is 18.0 Å². The molecule has 0 bridgehead atoms. The van der Waals surface area contributed by atoms with Crippen molar-refractivity contribution in [3.63, 3.8) is 0 Å². The minimum atomic E-state index is -3.51. The maximum absolute atomic E-state index is 12.8. The topological polar surface area (TPSA) is 88.4 Å². The molecule has 2 fully saturated rings. The van der Waals surface area contributed by atoms with Crippen LogP contribution in [-0.2, 0) is 14.8 Å². The van der Waals surface area contributed by atoms with E-state index in [1.165, 1.54) is 16.1 Å². The quantitative estimate of drug-likeness (QED) is 0.659. The van der Waals surface area contributed by atoms with Crippen molar-refractivity contribution >= 4 is 27.7 Å². The van der Waals surface area contributed by atoms with Gasteiger partial charge in [-0.25, -0.2) is 8.42 Å². The van der Waals surface area contributed by atoms with Crippen LogP contribution in [0.25, 0.3) is 0 Å². The van der Waals surface area contributed by atoms with Gasteiger partial charge in [-0.05, 0) is 31.9 Å². The average Bonchev–Trinajstić information content (AvgIpc) is 3.47. The van der Waals surface area contributed by atoms with Gasteiger partial charge >= 0.3 is 0 Å². The second kappa shape index (κ2) is 7.84. The first-order valence-electron chi connectivity index (χ1n) is 9.37. The Morgan fingerprint density at radius 1 is 1.14 bits per heavy atom.